The van der Waals surface area contributed by atoms with Crippen LogP contribution in [0.3, 0.4) is 0 Å². The van der Waals surface area contributed by atoms with Crippen LogP contribution >= 0.6 is 11.6 Å². The Labute approximate surface area is 222 Å². The number of ether oxygens (including phenoxy) is 2. The number of carbonyl (C=O) groups excluding carboxylic acids is 2. The van der Waals surface area contributed by atoms with Gasteiger partial charge in [0.1, 0.15) is 5.58 Å². The van der Waals surface area contributed by atoms with Gasteiger partial charge in [-0.3, -0.25) is 4.79 Å². The highest BCUT2D eigenvalue weighted by Gasteiger charge is 2.70. The van der Waals surface area contributed by atoms with Crippen LogP contribution in [0.15, 0.2) is 99.4 Å². The van der Waals surface area contributed by atoms with Gasteiger partial charge in [-0.25, -0.2) is 14.6 Å². The molecule has 0 bridgehead atoms. The number of hydrogen-bond donors (Lipinski definition) is 0. The number of hydrazone groups is 1. The minimum Gasteiger partial charge on any atom is -0.464 e. The van der Waals surface area contributed by atoms with Crippen LogP contribution in [0.4, 0.5) is 5.69 Å². The molecule has 8 nitrogen and oxygen atoms in total. The number of anilines is 1. The number of fused-ring (bicyclic) bond motifs is 1. The van der Waals surface area contributed by atoms with Gasteiger partial charge in [-0.1, -0.05) is 54.1 Å². The van der Waals surface area contributed by atoms with Gasteiger partial charge >= 0.3 is 11.9 Å². The summed E-state index contributed by atoms with van der Waals surface area (Å²) in [6.45, 7) is 2.94. The van der Waals surface area contributed by atoms with Crippen LogP contribution in [0.5, 0.6) is 0 Å². The summed E-state index contributed by atoms with van der Waals surface area (Å²) < 4.78 is 17.2. The minimum absolute atomic E-state index is 0.0504. The molecule has 1 fully saturated rings. The lowest BCUT2D eigenvalue weighted by Gasteiger charge is -2.44. The van der Waals surface area contributed by atoms with Gasteiger partial charge in [-0.2, -0.15) is 5.10 Å². The van der Waals surface area contributed by atoms with E-state index in [0.29, 0.717) is 27.2 Å². The van der Waals surface area contributed by atoms with E-state index in [-0.39, 0.29) is 11.3 Å². The van der Waals surface area contributed by atoms with E-state index in [9.17, 15) is 14.4 Å². The van der Waals surface area contributed by atoms with Crippen molar-refractivity contribution in [1.82, 2.24) is 0 Å². The molecule has 0 saturated carbocycles. The van der Waals surface area contributed by atoms with E-state index in [1.807, 2.05) is 0 Å². The number of hydrogen-bond acceptors (Lipinski definition) is 8. The summed E-state index contributed by atoms with van der Waals surface area (Å²) in [6.07, 6.45) is 1.27. The van der Waals surface area contributed by atoms with E-state index in [4.69, 9.17) is 30.6 Å². The van der Waals surface area contributed by atoms with Crippen LogP contribution in [0.2, 0.25) is 5.02 Å². The summed E-state index contributed by atoms with van der Waals surface area (Å²) in [6, 6.07) is 22.2. The molecular formula is C29H21ClN2O6. The second-order valence-corrected chi connectivity index (χ2v) is 9.97. The molecular weight excluding hydrogens is 508 g/mol. The van der Waals surface area contributed by atoms with E-state index in [2.05, 4.69) is 0 Å². The first-order valence-electron chi connectivity index (χ1n) is 11.9. The smallest absolute Gasteiger partial charge is 0.350 e. The zero-order chi connectivity index (χ0) is 26.7. The van der Waals surface area contributed by atoms with E-state index in [1.165, 1.54) is 25.1 Å². The van der Waals surface area contributed by atoms with E-state index in [1.54, 1.807) is 78.9 Å². The molecule has 190 valence electrons. The van der Waals surface area contributed by atoms with Gasteiger partial charge in [0.2, 0.25) is 0 Å². The van der Waals surface area contributed by atoms with Gasteiger partial charge in [0.25, 0.3) is 11.3 Å². The molecule has 4 aromatic rings. The Morgan fingerprint density at radius 2 is 1.55 bits per heavy atom. The third-order valence-electron chi connectivity index (χ3n) is 6.67. The van der Waals surface area contributed by atoms with Crippen LogP contribution in [0, 0.1) is 0 Å². The lowest BCUT2D eigenvalue weighted by atomic mass is 9.74. The standard InChI is InChI=1S/C29H21ClN2O6/c1-28(2)37-26(34)29(27(35)38-28)23(21-16-36-22-14-7-6-13-20(22)25(21)33)24(17-9-8-10-18(30)15-17)31-32(29)19-11-4-3-5-12-19/h3-16,23H,1-2H3. The molecule has 2 aliphatic heterocycles. The molecule has 3 heterocycles. The average Bonchev–Trinajstić information content (AvgIpc) is 3.25. The SMILES string of the molecule is CC1(C)OC(=O)C2(C(=O)O1)C(c1coc3ccccc3c1=O)C(c1cccc(Cl)c1)=NN2c1ccccc1. The number of benzene rings is 3. The molecule has 1 unspecified atom stereocenters. The van der Waals surface area contributed by atoms with Crippen molar-refractivity contribution in [1.29, 1.82) is 0 Å². The fourth-order valence-electron chi connectivity index (χ4n) is 5.05. The van der Waals surface area contributed by atoms with Gasteiger partial charge < -0.3 is 13.9 Å². The van der Waals surface area contributed by atoms with Crippen molar-refractivity contribution in [3.8, 4) is 0 Å². The van der Waals surface area contributed by atoms with Crippen molar-refractivity contribution < 1.29 is 23.5 Å². The van der Waals surface area contributed by atoms with Gasteiger partial charge in [-0.05, 0) is 42.0 Å². The van der Waals surface area contributed by atoms with E-state index < -0.39 is 34.6 Å². The zero-order valence-electron chi connectivity index (χ0n) is 20.4. The predicted molar refractivity (Wildman–Crippen MR) is 141 cm³/mol. The molecule has 38 heavy (non-hydrogen) atoms. The first-order chi connectivity index (χ1) is 18.2. The van der Waals surface area contributed by atoms with E-state index >= 15 is 0 Å². The molecule has 0 aliphatic carbocycles. The van der Waals surface area contributed by atoms with Gasteiger partial charge in [0.05, 0.1) is 29.0 Å². The van der Waals surface area contributed by atoms with Crippen molar-refractivity contribution in [3.05, 3.63) is 111 Å². The zero-order valence-corrected chi connectivity index (χ0v) is 21.1. The van der Waals surface area contributed by atoms with Crippen LogP contribution in [0.25, 0.3) is 11.0 Å². The Bertz CT molecular complexity index is 1670. The third-order valence-corrected chi connectivity index (χ3v) is 6.91. The number of cyclic esters (lactones) is 2. The number of carbonyl (C=O) groups is 2. The van der Waals surface area contributed by atoms with E-state index in [0.717, 1.165) is 0 Å². The summed E-state index contributed by atoms with van der Waals surface area (Å²) >= 11 is 6.32. The van der Waals surface area contributed by atoms with Crippen molar-refractivity contribution >= 4 is 45.9 Å². The number of halogens is 1. The van der Waals surface area contributed by atoms with Crippen molar-refractivity contribution in [2.75, 3.05) is 5.01 Å². The van der Waals surface area contributed by atoms with Crippen molar-refractivity contribution in [2.24, 2.45) is 5.10 Å². The molecule has 2 aliphatic rings. The monoisotopic (exact) mass is 528 g/mol. The Morgan fingerprint density at radius 3 is 2.26 bits per heavy atom. The molecule has 1 aromatic heterocycles. The van der Waals surface area contributed by atoms with Crippen LogP contribution in [0.1, 0.15) is 30.9 Å². The molecule has 1 atom stereocenters. The highest BCUT2D eigenvalue weighted by molar-refractivity contribution is 6.31. The summed E-state index contributed by atoms with van der Waals surface area (Å²) in [7, 11) is 0. The fraction of sp³-hybridized carbons (Fsp3) is 0.172. The number of rotatable bonds is 3. The van der Waals surface area contributed by atoms with Gasteiger partial charge in [-0.15, -0.1) is 0 Å². The maximum absolute atomic E-state index is 14.0. The minimum atomic E-state index is -2.19. The number of nitrogens with zero attached hydrogens (tertiary/aromatic N) is 2. The normalized spacial score (nSPS) is 19.8. The molecule has 1 spiro atoms. The Morgan fingerprint density at radius 1 is 0.868 bits per heavy atom. The van der Waals surface area contributed by atoms with Crippen molar-refractivity contribution in [3.63, 3.8) is 0 Å². The Balaban J connectivity index is 1.70. The highest BCUT2D eigenvalue weighted by Crippen LogP contribution is 2.48. The molecule has 3 aromatic carbocycles. The molecule has 0 amide bonds. The summed E-state index contributed by atoms with van der Waals surface area (Å²) in [5.41, 5.74) is -0.990. The number of para-hydroxylation sites is 2. The molecule has 9 heteroatoms. The number of esters is 2. The van der Waals surface area contributed by atoms with Crippen LogP contribution in [-0.2, 0) is 19.1 Å². The third kappa shape index (κ3) is 3.52. The predicted octanol–water partition coefficient (Wildman–Crippen LogP) is 5.03. The van der Waals surface area contributed by atoms with Gasteiger partial charge in [0, 0.05) is 24.4 Å². The largest absolute Gasteiger partial charge is 0.464 e. The summed E-state index contributed by atoms with van der Waals surface area (Å²) in [5, 5.41) is 6.77. The maximum Gasteiger partial charge on any atom is 0.350 e. The van der Waals surface area contributed by atoms with Crippen molar-refractivity contribution in [2.45, 2.75) is 31.1 Å². The summed E-state index contributed by atoms with van der Waals surface area (Å²) in [5.74, 6) is -4.57. The highest BCUT2D eigenvalue weighted by atomic mass is 35.5. The molecule has 0 radical (unpaired) electrons. The molecule has 1 saturated heterocycles. The Hall–Kier alpha value is -4.43. The van der Waals surface area contributed by atoms with Gasteiger partial charge in [0.15, 0.2) is 5.43 Å². The Kier molecular flexibility index (Phi) is 5.39. The van der Waals surface area contributed by atoms with Crippen LogP contribution in [-0.4, -0.2) is 29.0 Å². The fourth-order valence-corrected chi connectivity index (χ4v) is 5.24. The second-order valence-electron chi connectivity index (χ2n) is 9.54. The maximum atomic E-state index is 14.0. The molecule has 0 N–H and O–H groups in total. The molecule has 6 rings (SSSR count). The quantitative estimate of drug-likeness (QED) is 0.272. The lowest BCUT2D eigenvalue weighted by molar-refractivity contribution is -0.242. The second kappa shape index (κ2) is 8.56. The topological polar surface area (TPSA) is 98.4 Å². The lowest BCUT2D eigenvalue weighted by Crippen LogP contribution is -2.67. The first kappa shape index (κ1) is 23.9. The average molecular weight is 529 g/mol. The van der Waals surface area contributed by atoms with Crippen LogP contribution < -0.4 is 10.4 Å². The first-order valence-corrected chi connectivity index (χ1v) is 12.3. The summed E-state index contributed by atoms with van der Waals surface area (Å²) in [4.78, 5) is 42.0.